The summed E-state index contributed by atoms with van der Waals surface area (Å²) in [6.07, 6.45) is 0.168. The van der Waals surface area contributed by atoms with E-state index in [0.717, 1.165) is 4.47 Å². The van der Waals surface area contributed by atoms with Crippen LogP contribution in [-0.2, 0) is 9.59 Å². The number of anilines is 2. The molecule has 0 bridgehead atoms. The Balaban J connectivity index is 1.93. The van der Waals surface area contributed by atoms with Gasteiger partial charge < -0.3 is 9.84 Å². The number of hydrogen-bond acceptors (Lipinski definition) is 4. The number of carbonyl (C=O) groups excluding carboxylic acids is 2. The highest BCUT2D eigenvalue weighted by atomic mass is 79.9. The lowest BCUT2D eigenvalue weighted by molar-refractivity contribution is -0.117. The summed E-state index contributed by atoms with van der Waals surface area (Å²) in [5.41, 5.74) is 0.708. The van der Waals surface area contributed by atoms with Crippen molar-refractivity contribution in [1.29, 1.82) is 0 Å². The molecule has 6 nitrogen and oxygen atoms in total. The quantitative estimate of drug-likeness (QED) is 0.882. The van der Waals surface area contributed by atoms with Crippen molar-refractivity contribution in [1.82, 2.24) is 5.16 Å². The highest BCUT2D eigenvalue weighted by Crippen LogP contribution is 2.16. The number of halogens is 1. The van der Waals surface area contributed by atoms with Gasteiger partial charge in [0.25, 0.3) is 0 Å². The van der Waals surface area contributed by atoms with Crippen molar-refractivity contribution in [2.45, 2.75) is 20.3 Å². The van der Waals surface area contributed by atoms with Gasteiger partial charge in [-0.3, -0.25) is 14.5 Å². The molecule has 1 aromatic carbocycles. The topological polar surface area (TPSA) is 75.4 Å². The first kappa shape index (κ1) is 16.2. The Kier molecular flexibility index (Phi) is 5.32. The van der Waals surface area contributed by atoms with Crippen LogP contribution >= 0.6 is 15.9 Å². The van der Waals surface area contributed by atoms with Gasteiger partial charge in [-0.15, -0.1) is 0 Å². The molecule has 0 saturated heterocycles. The van der Waals surface area contributed by atoms with Crippen LogP contribution in [0.5, 0.6) is 0 Å². The van der Waals surface area contributed by atoms with Gasteiger partial charge >= 0.3 is 0 Å². The third-order valence-corrected chi connectivity index (χ3v) is 3.49. The molecule has 0 aliphatic heterocycles. The van der Waals surface area contributed by atoms with Crippen molar-refractivity contribution in [3.63, 3.8) is 0 Å². The molecule has 1 aromatic heterocycles. The zero-order chi connectivity index (χ0) is 16.1. The maximum absolute atomic E-state index is 12.0. The Labute approximate surface area is 136 Å². The smallest absolute Gasteiger partial charge is 0.226 e. The van der Waals surface area contributed by atoms with Crippen LogP contribution in [0.3, 0.4) is 0 Å². The van der Waals surface area contributed by atoms with E-state index in [1.807, 2.05) is 12.1 Å². The van der Waals surface area contributed by atoms with Crippen LogP contribution in [0.4, 0.5) is 11.5 Å². The van der Waals surface area contributed by atoms with E-state index < -0.39 is 0 Å². The molecule has 0 unspecified atom stereocenters. The van der Waals surface area contributed by atoms with E-state index in [1.165, 1.54) is 11.8 Å². The van der Waals surface area contributed by atoms with E-state index in [1.54, 1.807) is 25.1 Å². The van der Waals surface area contributed by atoms with Crippen molar-refractivity contribution < 1.29 is 14.1 Å². The first-order chi connectivity index (χ1) is 10.5. The molecule has 7 heteroatoms. The van der Waals surface area contributed by atoms with Crippen LogP contribution in [0, 0.1) is 6.92 Å². The average Bonchev–Trinajstić information content (AvgIpc) is 2.87. The molecule has 0 spiro atoms. The summed E-state index contributed by atoms with van der Waals surface area (Å²) in [5, 5.41) is 6.58. The van der Waals surface area contributed by atoms with Crippen LogP contribution in [0.25, 0.3) is 0 Å². The third-order valence-electron chi connectivity index (χ3n) is 2.96. The first-order valence-corrected chi connectivity index (χ1v) is 7.52. The number of rotatable bonds is 5. The predicted octanol–water partition coefficient (Wildman–Crippen LogP) is 3.13. The maximum atomic E-state index is 12.0. The Morgan fingerprint density at radius 2 is 2.00 bits per heavy atom. The summed E-state index contributed by atoms with van der Waals surface area (Å²) in [4.78, 5) is 25.0. The van der Waals surface area contributed by atoms with E-state index in [9.17, 15) is 9.59 Å². The minimum atomic E-state index is -0.190. The highest BCUT2D eigenvalue weighted by molar-refractivity contribution is 9.10. The molecular weight excluding hydrogens is 350 g/mol. The van der Waals surface area contributed by atoms with E-state index >= 15 is 0 Å². The average molecular weight is 366 g/mol. The van der Waals surface area contributed by atoms with Crippen molar-refractivity contribution in [2.75, 3.05) is 16.8 Å². The molecule has 116 valence electrons. The third kappa shape index (κ3) is 4.42. The molecule has 1 heterocycles. The van der Waals surface area contributed by atoms with Gasteiger partial charge in [-0.2, -0.15) is 0 Å². The lowest BCUT2D eigenvalue weighted by atomic mass is 10.3. The second-order valence-corrected chi connectivity index (χ2v) is 5.69. The number of aryl methyl sites for hydroxylation is 1. The molecule has 0 fully saturated rings. The number of nitrogens with one attached hydrogen (secondary N) is 1. The second kappa shape index (κ2) is 7.22. The zero-order valence-electron chi connectivity index (χ0n) is 12.3. The standard InChI is InChI=1S/C15H16BrN3O3/c1-10-9-14(18-22-10)19(11(2)20)8-7-15(21)17-13-5-3-12(16)4-6-13/h3-6,9H,7-8H2,1-2H3,(H,17,21). The van der Waals surface area contributed by atoms with Crippen LogP contribution in [0.2, 0.25) is 0 Å². The van der Waals surface area contributed by atoms with Gasteiger partial charge in [-0.1, -0.05) is 21.1 Å². The number of benzene rings is 1. The molecule has 22 heavy (non-hydrogen) atoms. The summed E-state index contributed by atoms with van der Waals surface area (Å²) >= 11 is 3.33. The van der Waals surface area contributed by atoms with Gasteiger partial charge in [-0.25, -0.2) is 0 Å². The highest BCUT2D eigenvalue weighted by Gasteiger charge is 2.16. The van der Waals surface area contributed by atoms with Gasteiger partial charge in [-0.05, 0) is 31.2 Å². The first-order valence-electron chi connectivity index (χ1n) is 6.72. The minimum absolute atomic E-state index is 0.168. The Hall–Kier alpha value is -2.15. The largest absolute Gasteiger partial charge is 0.360 e. The fourth-order valence-electron chi connectivity index (χ4n) is 1.88. The Morgan fingerprint density at radius 3 is 2.55 bits per heavy atom. The number of nitrogens with zero attached hydrogens (tertiary/aromatic N) is 2. The van der Waals surface area contributed by atoms with E-state index in [0.29, 0.717) is 17.3 Å². The number of hydrogen-bond donors (Lipinski definition) is 1. The fraction of sp³-hybridized carbons (Fsp3) is 0.267. The van der Waals surface area contributed by atoms with Gasteiger partial charge in [0.05, 0.1) is 0 Å². The van der Waals surface area contributed by atoms with E-state index in [-0.39, 0.29) is 24.8 Å². The minimum Gasteiger partial charge on any atom is -0.360 e. The van der Waals surface area contributed by atoms with Gasteiger partial charge in [0.1, 0.15) is 5.76 Å². The van der Waals surface area contributed by atoms with Gasteiger partial charge in [0.2, 0.25) is 11.8 Å². The molecule has 0 saturated carbocycles. The van der Waals surface area contributed by atoms with Gasteiger partial charge in [0.15, 0.2) is 5.82 Å². The molecule has 1 N–H and O–H groups in total. The van der Waals surface area contributed by atoms with E-state index in [2.05, 4.69) is 26.4 Å². The lowest BCUT2D eigenvalue weighted by Gasteiger charge is -2.17. The predicted molar refractivity (Wildman–Crippen MR) is 86.7 cm³/mol. The Bertz CT molecular complexity index is 667. The van der Waals surface area contributed by atoms with E-state index in [4.69, 9.17) is 4.52 Å². The van der Waals surface area contributed by atoms with Crippen molar-refractivity contribution >= 4 is 39.2 Å². The Morgan fingerprint density at radius 1 is 1.32 bits per heavy atom. The SMILES string of the molecule is CC(=O)N(CCC(=O)Nc1ccc(Br)cc1)c1cc(C)on1. The van der Waals surface area contributed by atoms with Crippen molar-refractivity contribution in [2.24, 2.45) is 0 Å². The fourth-order valence-corrected chi connectivity index (χ4v) is 2.15. The molecule has 2 amide bonds. The second-order valence-electron chi connectivity index (χ2n) is 4.77. The van der Waals surface area contributed by atoms with Crippen LogP contribution in [0.1, 0.15) is 19.1 Å². The van der Waals surface area contributed by atoms with Crippen LogP contribution in [-0.4, -0.2) is 23.5 Å². The summed E-state index contributed by atoms with van der Waals surface area (Å²) in [5.74, 6) is 0.667. The molecular formula is C15H16BrN3O3. The normalized spacial score (nSPS) is 10.3. The lowest BCUT2D eigenvalue weighted by Crippen LogP contribution is -2.32. The number of amides is 2. The maximum Gasteiger partial charge on any atom is 0.226 e. The molecule has 0 atom stereocenters. The molecule has 0 aliphatic rings. The van der Waals surface area contributed by atoms with Crippen molar-refractivity contribution in [3.05, 3.63) is 40.6 Å². The molecule has 2 rings (SSSR count). The summed E-state index contributed by atoms with van der Waals surface area (Å²) in [7, 11) is 0. The van der Waals surface area contributed by atoms with Crippen LogP contribution in [0.15, 0.2) is 39.3 Å². The summed E-state index contributed by atoms with van der Waals surface area (Å²) < 4.78 is 5.90. The summed E-state index contributed by atoms with van der Waals surface area (Å²) in [6, 6.07) is 8.94. The number of aromatic nitrogens is 1. The number of carbonyl (C=O) groups is 2. The summed E-state index contributed by atoms with van der Waals surface area (Å²) in [6.45, 7) is 3.41. The monoisotopic (exact) mass is 365 g/mol. The van der Waals surface area contributed by atoms with Gasteiger partial charge in [0, 0.05) is 36.1 Å². The molecule has 0 aliphatic carbocycles. The molecule has 2 aromatic rings. The van der Waals surface area contributed by atoms with Crippen molar-refractivity contribution in [3.8, 4) is 0 Å². The molecule has 0 radical (unpaired) electrons. The van der Waals surface area contributed by atoms with Crippen LogP contribution < -0.4 is 10.2 Å². The zero-order valence-corrected chi connectivity index (χ0v) is 13.9.